The van der Waals surface area contributed by atoms with Crippen LogP contribution in [0.15, 0.2) is 82.9 Å². The number of hydrogen-bond acceptors (Lipinski definition) is 9. The van der Waals surface area contributed by atoms with Crippen molar-refractivity contribution in [2.75, 3.05) is 43.9 Å². The van der Waals surface area contributed by atoms with Gasteiger partial charge < -0.3 is 25.7 Å². The molecule has 0 radical (unpaired) electrons. The van der Waals surface area contributed by atoms with Gasteiger partial charge in [0, 0.05) is 24.5 Å². The molecule has 230 valence electrons. The molecule has 4 aromatic heterocycles. The Morgan fingerprint density at radius 3 is 1.59 bits per heavy atom. The molecule has 0 atom stereocenters. The molecule has 0 amide bonds. The third-order valence-electron chi connectivity index (χ3n) is 8.91. The number of phenols is 2. The van der Waals surface area contributed by atoms with E-state index in [-0.39, 0.29) is 22.4 Å². The number of hydrogen-bond donors (Lipinski definition) is 4. The topological polar surface area (TPSA) is 136 Å². The summed E-state index contributed by atoms with van der Waals surface area (Å²) in [7, 11) is 2.09. The van der Waals surface area contributed by atoms with Gasteiger partial charge >= 0.3 is 0 Å². The van der Waals surface area contributed by atoms with Crippen molar-refractivity contribution >= 4 is 66.0 Å². The number of phenolic OH excluding ortho intramolecular Hbond substituents is 2. The summed E-state index contributed by atoms with van der Waals surface area (Å²) in [6.45, 7) is 3.10. The first-order valence-corrected chi connectivity index (χ1v) is 15.3. The fourth-order valence-corrected chi connectivity index (χ4v) is 6.69. The normalized spacial score (nSPS) is 12.2. The Hall–Kier alpha value is -5.68. The summed E-state index contributed by atoms with van der Waals surface area (Å²) in [6.07, 6.45) is 5.18. The number of aromatic nitrogens is 4. The predicted molar refractivity (Wildman–Crippen MR) is 182 cm³/mol. The second-order valence-corrected chi connectivity index (χ2v) is 11.9. The largest absolute Gasteiger partial charge is 0.508 e. The second kappa shape index (κ2) is 10.7. The summed E-state index contributed by atoms with van der Waals surface area (Å²) in [5.74, 6) is 0.109. The molecule has 11 nitrogen and oxygen atoms in total. The zero-order valence-corrected chi connectivity index (χ0v) is 25.1. The van der Waals surface area contributed by atoms with Gasteiger partial charge in [0.2, 0.25) is 0 Å². The fourth-order valence-electron chi connectivity index (χ4n) is 6.69. The summed E-state index contributed by atoms with van der Waals surface area (Å²) in [6, 6.07) is 17.3. The first-order valence-electron chi connectivity index (χ1n) is 15.3. The number of benzene rings is 4. The fraction of sp³-hybridized carbons (Fsp3) is 0.200. The first-order chi connectivity index (χ1) is 22.4. The van der Waals surface area contributed by atoms with Crippen molar-refractivity contribution in [3.05, 3.63) is 93.8 Å². The lowest BCUT2D eigenvalue weighted by molar-refractivity contribution is 0.331. The molecule has 4 heterocycles. The molecule has 4 aromatic carbocycles. The lowest BCUT2D eigenvalue weighted by Crippen LogP contribution is -2.24. The monoisotopic (exact) mass is 613 g/mol. The Labute approximate surface area is 261 Å². The molecular weight excluding hydrogens is 582 g/mol. The van der Waals surface area contributed by atoms with E-state index >= 15 is 0 Å². The van der Waals surface area contributed by atoms with Crippen LogP contribution in [0.2, 0.25) is 0 Å². The van der Waals surface area contributed by atoms with Gasteiger partial charge in [-0.25, -0.2) is 9.97 Å². The van der Waals surface area contributed by atoms with Crippen molar-refractivity contribution in [1.29, 1.82) is 0 Å². The Kier molecular flexibility index (Phi) is 6.50. The van der Waals surface area contributed by atoms with E-state index < -0.39 is 0 Å². The molecule has 0 aliphatic rings. The van der Waals surface area contributed by atoms with Gasteiger partial charge in [0.05, 0.1) is 54.6 Å². The van der Waals surface area contributed by atoms with Crippen molar-refractivity contribution < 1.29 is 10.2 Å². The molecular formula is C35H31N7O4. The van der Waals surface area contributed by atoms with Gasteiger partial charge in [0.15, 0.2) is 10.9 Å². The van der Waals surface area contributed by atoms with Crippen LogP contribution >= 0.6 is 0 Å². The number of nitrogens with one attached hydrogen (secondary N) is 2. The molecule has 8 aromatic rings. The average Bonchev–Trinajstić information content (AvgIpc) is 3.69. The van der Waals surface area contributed by atoms with Crippen LogP contribution in [0.3, 0.4) is 0 Å². The Bertz CT molecular complexity index is 2370. The van der Waals surface area contributed by atoms with Crippen LogP contribution in [-0.4, -0.2) is 67.1 Å². The molecule has 46 heavy (non-hydrogen) atoms. The van der Waals surface area contributed by atoms with E-state index in [0.717, 1.165) is 70.4 Å². The van der Waals surface area contributed by atoms with Gasteiger partial charge in [-0.1, -0.05) is 0 Å². The molecule has 4 N–H and O–H groups in total. The summed E-state index contributed by atoms with van der Waals surface area (Å²) < 4.78 is 3.82. The van der Waals surface area contributed by atoms with Crippen LogP contribution in [-0.2, 0) is 0 Å². The predicted octanol–water partition coefficient (Wildman–Crippen LogP) is 4.84. The minimum Gasteiger partial charge on any atom is -0.508 e. The van der Waals surface area contributed by atoms with Crippen molar-refractivity contribution in [2.45, 2.75) is 12.8 Å². The molecule has 0 aliphatic heterocycles. The molecule has 0 unspecified atom stereocenters. The molecule has 11 heteroatoms. The number of pyridine rings is 2. The second-order valence-electron chi connectivity index (χ2n) is 11.9. The van der Waals surface area contributed by atoms with Gasteiger partial charge in [0.25, 0.3) is 0 Å². The maximum Gasteiger partial charge on any atom is 0.199 e. The first kappa shape index (κ1) is 27.8. The maximum absolute atomic E-state index is 13.5. The van der Waals surface area contributed by atoms with Gasteiger partial charge in [-0.3, -0.25) is 18.4 Å². The summed E-state index contributed by atoms with van der Waals surface area (Å²) in [5.41, 5.74) is 5.76. The van der Waals surface area contributed by atoms with E-state index in [9.17, 15) is 19.8 Å². The molecule has 0 spiro atoms. The van der Waals surface area contributed by atoms with Gasteiger partial charge in [0.1, 0.15) is 24.2 Å². The van der Waals surface area contributed by atoms with E-state index in [2.05, 4.69) is 32.5 Å². The highest BCUT2D eigenvalue weighted by atomic mass is 16.3. The zero-order valence-electron chi connectivity index (χ0n) is 25.1. The Morgan fingerprint density at radius 2 is 1.13 bits per heavy atom. The van der Waals surface area contributed by atoms with Gasteiger partial charge in [-0.05, 0) is 93.6 Å². The minimum absolute atomic E-state index is 0.0547. The molecule has 0 fully saturated rings. The van der Waals surface area contributed by atoms with E-state index in [1.807, 2.05) is 33.1 Å². The minimum atomic E-state index is -0.126. The molecule has 8 rings (SSSR count). The third kappa shape index (κ3) is 4.39. The van der Waals surface area contributed by atoms with Crippen LogP contribution in [0.25, 0.3) is 54.6 Å². The Morgan fingerprint density at radius 1 is 0.674 bits per heavy atom. The SMILES string of the molecule is CN(CCCNc1ccc2ncn3c4ccc(O)cc4c(=O)c1c23)CCCNc1ccc2ncn3c4ccc(O)cc4c(=O)c1c23. The number of aromatic hydroxyl groups is 2. The molecule has 0 saturated heterocycles. The molecule has 0 aliphatic carbocycles. The number of nitrogens with zero attached hydrogens (tertiary/aromatic N) is 5. The lowest BCUT2D eigenvalue weighted by atomic mass is 10.1. The van der Waals surface area contributed by atoms with Crippen LogP contribution < -0.4 is 21.5 Å². The highest BCUT2D eigenvalue weighted by Crippen LogP contribution is 2.31. The average molecular weight is 614 g/mol. The van der Waals surface area contributed by atoms with E-state index in [1.54, 1.807) is 36.9 Å². The summed E-state index contributed by atoms with van der Waals surface area (Å²) >= 11 is 0. The highest BCUT2D eigenvalue weighted by Gasteiger charge is 2.18. The van der Waals surface area contributed by atoms with Crippen molar-refractivity contribution in [3.8, 4) is 11.5 Å². The van der Waals surface area contributed by atoms with E-state index in [0.29, 0.717) is 34.6 Å². The van der Waals surface area contributed by atoms with Crippen LogP contribution in [0.5, 0.6) is 11.5 Å². The zero-order chi connectivity index (χ0) is 31.5. The highest BCUT2D eigenvalue weighted by molar-refractivity contribution is 6.08. The lowest BCUT2D eigenvalue weighted by Gasteiger charge is -2.18. The van der Waals surface area contributed by atoms with Crippen LogP contribution in [0.1, 0.15) is 12.8 Å². The molecule has 0 saturated carbocycles. The number of anilines is 2. The molecule has 0 bridgehead atoms. The van der Waals surface area contributed by atoms with Crippen LogP contribution in [0, 0.1) is 0 Å². The third-order valence-corrected chi connectivity index (χ3v) is 8.91. The maximum atomic E-state index is 13.5. The number of rotatable bonds is 10. The van der Waals surface area contributed by atoms with Gasteiger partial charge in [-0.15, -0.1) is 0 Å². The van der Waals surface area contributed by atoms with Crippen molar-refractivity contribution in [3.63, 3.8) is 0 Å². The van der Waals surface area contributed by atoms with Crippen molar-refractivity contribution in [1.82, 2.24) is 23.7 Å². The summed E-state index contributed by atoms with van der Waals surface area (Å²) in [4.78, 5) is 38.3. The van der Waals surface area contributed by atoms with Crippen LogP contribution in [0.4, 0.5) is 11.4 Å². The van der Waals surface area contributed by atoms with Gasteiger partial charge in [-0.2, -0.15) is 0 Å². The van der Waals surface area contributed by atoms with E-state index in [1.165, 1.54) is 12.1 Å². The smallest absolute Gasteiger partial charge is 0.199 e. The Balaban J connectivity index is 0.907. The van der Waals surface area contributed by atoms with E-state index in [4.69, 9.17) is 0 Å². The van der Waals surface area contributed by atoms with Crippen molar-refractivity contribution in [2.24, 2.45) is 0 Å². The number of fused-ring (bicyclic) bond motifs is 4. The standard InChI is InChI=1S/C35H31N7O4/c1-40(14-2-12-36-24-6-8-26-32-30(24)34(45)22-16-20(43)4-10-28(22)41(32)18-38-26)15-3-13-37-25-7-9-27-33-31(25)35(46)23-17-21(44)5-11-29(23)42(33)19-39-27/h4-11,16-19,36-37,43-44H,2-3,12-15H2,1H3. The summed E-state index contributed by atoms with van der Waals surface area (Å²) in [5, 5.41) is 29.0. The number of imidazole rings is 2. The quantitative estimate of drug-likeness (QED) is 0.126.